The molecular weight excluding hydrogens is 334 g/mol. The predicted octanol–water partition coefficient (Wildman–Crippen LogP) is 1.44. The second kappa shape index (κ2) is 6.99. The van der Waals surface area contributed by atoms with Gasteiger partial charge in [0.15, 0.2) is 11.2 Å². The molecule has 2 heterocycles. The number of carbonyl (C=O) groups excluding carboxylic acids is 1. The van der Waals surface area contributed by atoms with E-state index >= 15 is 0 Å². The maximum atomic E-state index is 12.4. The molecule has 3 N–H and O–H groups in total. The lowest BCUT2D eigenvalue weighted by molar-refractivity contribution is -0.122. The summed E-state index contributed by atoms with van der Waals surface area (Å²) in [4.78, 5) is 34.6. The van der Waals surface area contributed by atoms with Crippen LogP contribution in [0.15, 0.2) is 35.6 Å². The molecule has 0 spiro atoms. The summed E-state index contributed by atoms with van der Waals surface area (Å²) in [6.07, 6.45) is 2.72. The first-order valence-corrected chi connectivity index (χ1v) is 8.34. The van der Waals surface area contributed by atoms with Crippen molar-refractivity contribution in [1.29, 1.82) is 0 Å². The van der Waals surface area contributed by atoms with Gasteiger partial charge in [-0.2, -0.15) is 0 Å². The molecule has 0 aliphatic carbocycles. The largest absolute Gasteiger partial charge is 0.508 e. The highest BCUT2D eigenvalue weighted by molar-refractivity contribution is 5.78. The second-order valence-electron chi connectivity index (χ2n) is 6.47. The molecule has 26 heavy (non-hydrogen) atoms. The number of hydrogen-bond acceptors (Lipinski definition) is 5. The summed E-state index contributed by atoms with van der Waals surface area (Å²) in [5.41, 5.74) is 2.09. The van der Waals surface area contributed by atoms with Gasteiger partial charge < -0.3 is 20.0 Å². The number of carbonyl (C=O) groups is 1. The number of H-pyrrole nitrogens is 1. The smallest absolute Gasteiger partial charge is 0.278 e. The molecule has 2 aromatic heterocycles. The van der Waals surface area contributed by atoms with Crippen molar-refractivity contribution in [3.05, 3.63) is 52.3 Å². The Balaban J connectivity index is 1.69. The number of hydrogen-bond donors (Lipinski definition) is 3. The van der Waals surface area contributed by atoms with Crippen LogP contribution in [0.5, 0.6) is 5.75 Å². The highest BCUT2D eigenvalue weighted by Gasteiger charge is 2.18. The molecule has 0 saturated carbocycles. The van der Waals surface area contributed by atoms with Gasteiger partial charge in [-0.3, -0.25) is 9.59 Å². The Morgan fingerprint density at radius 3 is 2.85 bits per heavy atom. The summed E-state index contributed by atoms with van der Waals surface area (Å²) in [7, 11) is 0. The van der Waals surface area contributed by atoms with E-state index in [1.165, 1.54) is 12.7 Å². The Bertz CT molecular complexity index is 1010. The third-order valence-corrected chi connectivity index (χ3v) is 4.61. The molecule has 1 aromatic carbocycles. The third-order valence-electron chi connectivity index (χ3n) is 4.61. The highest BCUT2D eigenvalue weighted by atomic mass is 16.3. The molecule has 0 bridgehead atoms. The van der Waals surface area contributed by atoms with E-state index < -0.39 is 0 Å². The summed E-state index contributed by atoms with van der Waals surface area (Å²) in [6.45, 7) is 5.82. The van der Waals surface area contributed by atoms with Crippen LogP contribution in [0.4, 0.5) is 0 Å². The van der Waals surface area contributed by atoms with Gasteiger partial charge in [-0.1, -0.05) is 19.1 Å². The van der Waals surface area contributed by atoms with Crippen molar-refractivity contribution in [2.45, 2.75) is 39.3 Å². The minimum atomic E-state index is -0.334. The topological polar surface area (TPSA) is 113 Å². The maximum Gasteiger partial charge on any atom is 0.278 e. The van der Waals surface area contributed by atoms with Crippen molar-refractivity contribution in [3.8, 4) is 5.75 Å². The molecule has 0 radical (unpaired) electrons. The van der Waals surface area contributed by atoms with Gasteiger partial charge in [0.2, 0.25) is 5.91 Å². The number of phenolic OH excluding ortho intramolecular Hbond substituents is 1. The van der Waals surface area contributed by atoms with Crippen LogP contribution in [0, 0.1) is 6.92 Å². The lowest BCUT2D eigenvalue weighted by Crippen LogP contribution is -2.38. The van der Waals surface area contributed by atoms with Crippen LogP contribution in [0.25, 0.3) is 11.2 Å². The van der Waals surface area contributed by atoms with E-state index in [-0.39, 0.29) is 41.2 Å². The number of fused-ring (bicyclic) bond motifs is 1. The van der Waals surface area contributed by atoms with Crippen LogP contribution in [0.3, 0.4) is 0 Å². The van der Waals surface area contributed by atoms with Crippen LogP contribution in [-0.2, 0) is 11.3 Å². The fraction of sp³-hybridized carbons (Fsp3) is 0.333. The number of benzene rings is 1. The summed E-state index contributed by atoms with van der Waals surface area (Å²) < 4.78 is 1.54. The summed E-state index contributed by atoms with van der Waals surface area (Å²) >= 11 is 0. The van der Waals surface area contributed by atoms with Gasteiger partial charge in [-0.15, -0.1) is 0 Å². The lowest BCUT2D eigenvalue weighted by Gasteiger charge is -2.22. The number of aryl methyl sites for hydroxylation is 1. The number of aromatic hydroxyl groups is 1. The molecule has 3 aromatic rings. The number of nitrogens with zero attached hydrogens (tertiary/aromatic N) is 3. The number of imidazole rings is 1. The van der Waals surface area contributed by atoms with E-state index in [4.69, 9.17) is 0 Å². The number of nitrogens with one attached hydrogen (secondary N) is 2. The van der Waals surface area contributed by atoms with Crippen LogP contribution in [0.2, 0.25) is 0 Å². The zero-order valence-corrected chi connectivity index (χ0v) is 14.9. The Labute approximate surface area is 149 Å². The van der Waals surface area contributed by atoms with Crippen molar-refractivity contribution in [2.24, 2.45) is 0 Å². The molecule has 0 aliphatic heterocycles. The fourth-order valence-corrected chi connectivity index (χ4v) is 2.84. The van der Waals surface area contributed by atoms with Gasteiger partial charge in [0, 0.05) is 12.0 Å². The molecular formula is C18H21N5O3. The van der Waals surface area contributed by atoms with E-state index in [2.05, 4.69) is 20.3 Å². The SMILES string of the molecule is Cc1cc(C(C)C(C)NC(=O)Cn2cnc3c(=O)[nH]cnc32)ccc1O. The van der Waals surface area contributed by atoms with E-state index in [0.29, 0.717) is 5.65 Å². The van der Waals surface area contributed by atoms with Gasteiger partial charge in [-0.05, 0) is 31.0 Å². The van der Waals surface area contributed by atoms with E-state index in [1.54, 1.807) is 10.6 Å². The van der Waals surface area contributed by atoms with Crippen LogP contribution >= 0.6 is 0 Å². The van der Waals surface area contributed by atoms with E-state index in [9.17, 15) is 14.7 Å². The Hall–Kier alpha value is -3.16. The molecule has 0 saturated heterocycles. The van der Waals surface area contributed by atoms with Gasteiger partial charge in [-0.25, -0.2) is 9.97 Å². The van der Waals surface area contributed by atoms with E-state index in [1.807, 2.05) is 32.9 Å². The number of aromatic nitrogens is 4. The first-order chi connectivity index (χ1) is 12.4. The molecule has 2 unspecified atom stereocenters. The second-order valence-corrected chi connectivity index (χ2v) is 6.47. The molecule has 1 amide bonds. The summed E-state index contributed by atoms with van der Waals surface area (Å²) in [5.74, 6) is 0.132. The number of aromatic amines is 1. The average molecular weight is 355 g/mol. The van der Waals surface area contributed by atoms with Crippen LogP contribution in [-0.4, -0.2) is 36.6 Å². The van der Waals surface area contributed by atoms with Crippen molar-refractivity contribution in [1.82, 2.24) is 24.8 Å². The van der Waals surface area contributed by atoms with Crippen molar-refractivity contribution in [2.75, 3.05) is 0 Å². The fourth-order valence-electron chi connectivity index (χ4n) is 2.84. The average Bonchev–Trinajstić information content (AvgIpc) is 3.01. The van der Waals surface area contributed by atoms with Gasteiger partial charge in [0.25, 0.3) is 5.56 Å². The molecule has 2 atom stereocenters. The highest BCUT2D eigenvalue weighted by Crippen LogP contribution is 2.24. The van der Waals surface area contributed by atoms with Crippen LogP contribution < -0.4 is 10.9 Å². The quantitative estimate of drug-likeness (QED) is 0.641. The number of rotatable bonds is 5. The predicted molar refractivity (Wildman–Crippen MR) is 97.0 cm³/mol. The lowest BCUT2D eigenvalue weighted by atomic mass is 9.93. The standard InChI is InChI=1S/C18H21N5O3/c1-10-6-13(4-5-14(10)24)11(2)12(3)22-15(25)7-23-9-21-16-17(23)19-8-20-18(16)26/h4-6,8-9,11-12,24H,7H2,1-3H3,(H,22,25)(H,19,20,26). The Kier molecular flexibility index (Phi) is 4.75. The Morgan fingerprint density at radius 1 is 1.35 bits per heavy atom. The minimum absolute atomic E-state index is 0.0264. The molecule has 3 rings (SSSR count). The maximum absolute atomic E-state index is 12.4. The summed E-state index contributed by atoms with van der Waals surface area (Å²) in [5, 5.41) is 12.6. The summed E-state index contributed by atoms with van der Waals surface area (Å²) in [6, 6.07) is 5.33. The first-order valence-electron chi connectivity index (χ1n) is 8.34. The zero-order chi connectivity index (χ0) is 18.8. The number of amides is 1. The van der Waals surface area contributed by atoms with E-state index in [0.717, 1.165) is 11.1 Å². The van der Waals surface area contributed by atoms with Crippen LogP contribution in [0.1, 0.15) is 30.9 Å². The molecule has 8 nitrogen and oxygen atoms in total. The van der Waals surface area contributed by atoms with Crippen molar-refractivity contribution >= 4 is 17.1 Å². The molecule has 0 aliphatic rings. The van der Waals surface area contributed by atoms with Gasteiger partial charge in [0.1, 0.15) is 12.3 Å². The van der Waals surface area contributed by atoms with Crippen molar-refractivity contribution in [3.63, 3.8) is 0 Å². The first kappa shape index (κ1) is 17.7. The normalized spacial score (nSPS) is 13.5. The number of phenols is 1. The monoisotopic (exact) mass is 355 g/mol. The van der Waals surface area contributed by atoms with Crippen molar-refractivity contribution < 1.29 is 9.90 Å². The Morgan fingerprint density at radius 2 is 2.12 bits per heavy atom. The third kappa shape index (κ3) is 3.44. The van der Waals surface area contributed by atoms with Gasteiger partial charge in [0.05, 0.1) is 12.7 Å². The minimum Gasteiger partial charge on any atom is -0.508 e. The zero-order valence-electron chi connectivity index (χ0n) is 14.9. The van der Waals surface area contributed by atoms with Gasteiger partial charge >= 0.3 is 0 Å². The molecule has 8 heteroatoms. The molecule has 0 fully saturated rings. The molecule has 136 valence electrons.